The predicted octanol–water partition coefficient (Wildman–Crippen LogP) is -0.988. The van der Waals surface area contributed by atoms with Crippen molar-refractivity contribution in [3.05, 3.63) is 24.0 Å². The van der Waals surface area contributed by atoms with E-state index in [1.165, 1.54) is 11.0 Å². The summed E-state index contributed by atoms with van der Waals surface area (Å²) in [7, 11) is 3.36. The van der Waals surface area contributed by atoms with E-state index in [2.05, 4.69) is 5.10 Å². The smallest absolute Gasteiger partial charge is 0.246 e. The fraction of sp³-hybridized carbons (Fsp3) is 0.538. The van der Waals surface area contributed by atoms with E-state index in [0.29, 0.717) is 0 Å². The van der Waals surface area contributed by atoms with Crippen molar-refractivity contribution in [3.63, 3.8) is 0 Å². The first-order valence-electron chi connectivity index (χ1n) is 6.37. The number of hydrogen-bond acceptors (Lipinski definition) is 5. The van der Waals surface area contributed by atoms with Crippen LogP contribution in [0, 0.1) is 0 Å². The Kier molecular flexibility index (Phi) is 4.53. The lowest BCUT2D eigenvalue weighted by Gasteiger charge is -2.37. The van der Waals surface area contributed by atoms with Crippen LogP contribution in [-0.4, -0.2) is 69.3 Å². The summed E-state index contributed by atoms with van der Waals surface area (Å²) < 4.78 is 6.81. The molecular formula is C13H19N3O4. The van der Waals surface area contributed by atoms with Crippen LogP contribution in [0.2, 0.25) is 0 Å². The van der Waals surface area contributed by atoms with Crippen LogP contribution < -0.4 is 0 Å². The van der Waals surface area contributed by atoms with Gasteiger partial charge in [0.2, 0.25) is 5.91 Å². The van der Waals surface area contributed by atoms with Gasteiger partial charge in [-0.2, -0.15) is 5.10 Å². The predicted molar refractivity (Wildman–Crippen MR) is 71.6 cm³/mol. The number of aliphatic hydroxyl groups excluding tert-OH is 2. The number of nitrogens with zero attached hydrogens (tertiary/aromatic N) is 3. The van der Waals surface area contributed by atoms with Gasteiger partial charge in [0.05, 0.1) is 24.9 Å². The lowest BCUT2D eigenvalue weighted by Crippen LogP contribution is -2.56. The maximum absolute atomic E-state index is 12.1. The molecule has 0 aliphatic carbocycles. The van der Waals surface area contributed by atoms with E-state index in [-0.39, 0.29) is 19.1 Å². The van der Waals surface area contributed by atoms with E-state index in [1.807, 2.05) is 0 Å². The molecule has 2 heterocycles. The average molecular weight is 281 g/mol. The molecule has 1 aliphatic heterocycles. The molecule has 0 spiro atoms. The van der Waals surface area contributed by atoms with Crippen molar-refractivity contribution in [2.45, 2.75) is 18.2 Å². The monoisotopic (exact) mass is 281 g/mol. The number of aliphatic hydroxyl groups is 2. The molecule has 1 aliphatic rings. The van der Waals surface area contributed by atoms with Gasteiger partial charge in [-0.3, -0.25) is 9.48 Å². The highest BCUT2D eigenvalue weighted by molar-refractivity contribution is 5.91. The molecular weight excluding hydrogens is 262 g/mol. The number of carbonyl (C=O) groups excluding carboxylic acids is 1. The zero-order valence-corrected chi connectivity index (χ0v) is 11.5. The van der Waals surface area contributed by atoms with Crippen LogP contribution in [0.15, 0.2) is 18.3 Å². The molecule has 3 atom stereocenters. The first-order chi connectivity index (χ1) is 9.50. The highest BCUT2D eigenvalue weighted by atomic mass is 16.5. The number of amides is 1. The molecule has 0 unspecified atom stereocenters. The number of aryl methyl sites for hydroxylation is 1. The summed E-state index contributed by atoms with van der Waals surface area (Å²) in [5.74, 6) is -0.270. The molecule has 1 saturated heterocycles. The Morgan fingerprint density at radius 2 is 2.30 bits per heavy atom. The van der Waals surface area contributed by atoms with Crippen LogP contribution in [0.1, 0.15) is 5.69 Å². The second-order valence-corrected chi connectivity index (χ2v) is 4.82. The highest BCUT2D eigenvalue weighted by Crippen LogP contribution is 2.14. The second-order valence-electron chi connectivity index (χ2n) is 4.82. The van der Waals surface area contributed by atoms with E-state index in [4.69, 9.17) is 4.74 Å². The minimum Gasteiger partial charge on any atom is -0.388 e. The molecule has 0 radical (unpaired) electrons. The van der Waals surface area contributed by atoms with Gasteiger partial charge in [-0.1, -0.05) is 0 Å². The minimum absolute atomic E-state index is 0.0879. The Morgan fingerprint density at radius 1 is 1.55 bits per heavy atom. The molecule has 1 aromatic rings. The fourth-order valence-electron chi connectivity index (χ4n) is 2.09. The highest BCUT2D eigenvalue weighted by Gasteiger charge is 2.35. The number of hydrogen-bond donors (Lipinski definition) is 2. The largest absolute Gasteiger partial charge is 0.388 e. The number of aromatic nitrogens is 2. The molecule has 0 bridgehead atoms. The van der Waals surface area contributed by atoms with Gasteiger partial charge >= 0.3 is 0 Å². The normalized spacial score (nSPS) is 26.9. The maximum atomic E-state index is 12.1. The molecule has 7 nitrogen and oxygen atoms in total. The van der Waals surface area contributed by atoms with Crippen LogP contribution in [-0.2, 0) is 16.6 Å². The van der Waals surface area contributed by atoms with Gasteiger partial charge in [0.15, 0.2) is 0 Å². The molecule has 110 valence electrons. The van der Waals surface area contributed by atoms with Gasteiger partial charge in [-0.05, 0) is 12.1 Å². The quantitative estimate of drug-likeness (QED) is 0.695. The first-order valence-corrected chi connectivity index (χ1v) is 6.37. The van der Waals surface area contributed by atoms with E-state index in [0.717, 1.165) is 5.69 Å². The Labute approximate surface area is 117 Å². The zero-order valence-electron chi connectivity index (χ0n) is 11.5. The molecule has 0 aromatic carbocycles. The van der Waals surface area contributed by atoms with Crippen molar-refractivity contribution in [3.8, 4) is 0 Å². The van der Waals surface area contributed by atoms with Gasteiger partial charge in [-0.25, -0.2) is 0 Å². The van der Waals surface area contributed by atoms with Crippen LogP contribution >= 0.6 is 0 Å². The van der Waals surface area contributed by atoms with Crippen LogP contribution in [0.25, 0.3) is 6.08 Å². The van der Waals surface area contributed by atoms with E-state index in [1.54, 1.807) is 37.1 Å². The number of rotatable bonds is 3. The third-order valence-corrected chi connectivity index (χ3v) is 3.47. The molecule has 0 saturated carbocycles. The van der Waals surface area contributed by atoms with E-state index >= 15 is 0 Å². The number of ether oxygens (including phenoxy) is 1. The first kappa shape index (κ1) is 14.7. The third-order valence-electron chi connectivity index (χ3n) is 3.47. The van der Waals surface area contributed by atoms with Crippen molar-refractivity contribution in [2.75, 3.05) is 20.3 Å². The lowest BCUT2D eigenvalue weighted by atomic mass is 10.0. The molecule has 2 N–H and O–H groups in total. The molecule has 7 heteroatoms. The van der Waals surface area contributed by atoms with Gasteiger partial charge in [-0.15, -0.1) is 0 Å². The van der Waals surface area contributed by atoms with E-state index in [9.17, 15) is 15.0 Å². The summed E-state index contributed by atoms with van der Waals surface area (Å²) in [6, 6.07) is 1.23. The van der Waals surface area contributed by atoms with Crippen molar-refractivity contribution in [1.29, 1.82) is 0 Å². The molecule has 20 heavy (non-hydrogen) atoms. The fourth-order valence-corrected chi connectivity index (χ4v) is 2.09. The third kappa shape index (κ3) is 3.06. The number of carbonyl (C=O) groups is 1. The molecule has 1 amide bonds. The average Bonchev–Trinajstić information content (AvgIpc) is 2.84. The van der Waals surface area contributed by atoms with Crippen molar-refractivity contribution >= 4 is 12.0 Å². The summed E-state index contributed by atoms with van der Waals surface area (Å²) in [6.07, 6.45) is 2.74. The summed E-state index contributed by atoms with van der Waals surface area (Å²) >= 11 is 0. The van der Waals surface area contributed by atoms with Gasteiger partial charge in [0.1, 0.15) is 12.2 Å². The second kappa shape index (κ2) is 6.17. The number of likely N-dealkylation sites (N-methyl/N-ethyl adjacent to an activating group) is 1. The standard InChI is InChI=1S/C13H19N3O4/c1-15(10-7-20-8-11(17)13(10)19)12(18)4-3-9-5-6-14-16(9)2/h3-6,10-11,13,17,19H,7-8H2,1-2H3/b4-3+/t10-,11-,13+/m1/s1. The van der Waals surface area contributed by atoms with Gasteiger partial charge in [0.25, 0.3) is 0 Å². The topological polar surface area (TPSA) is 87.8 Å². The van der Waals surface area contributed by atoms with Crippen molar-refractivity contribution in [1.82, 2.24) is 14.7 Å². The van der Waals surface area contributed by atoms with Gasteiger partial charge < -0.3 is 19.8 Å². The van der Waals surface area contributed by atoms with E-state index < -0.39 is 18.2 Å². The zero-order chi connectivity index (χ0) is 14.7. The summed E-state index contributed by atoms with van der Waals surface area (Å²) in [5, 5.41) is 23.4. The Balaban J connectivity index is 2.01. The Hall–Kier alpha value is -1.70. The van der Waals surface area contributed by atoms with Crippen LogP contribution in [0.4, 0.5) is 0 Å². The summed E-state index contributed by atoms with van der Waals surface area (Å²) in [4.78, 5) is 13.4. The minimum atomic E-state index is -0.997. The SMILES string of the molecule is CN(C(=O)/C=C/c1ccnn1C)[C@@H]1COC[C@@H](O)[C@H]1O. The molecule has 2 rings (SSSR count). The van der Waals surface area contributed by atoms with Crippen molar-refractivity contribution in [2.24, 2.45) is 7.05 Å². The van der Waals surface area contributed by atoms with Crippen LogP contribution in [0.5, 0.6) is 0 Å². The molecule has 1 aromatic heterocycles. The van der Waals surface area contributed by atoms with Gasteiger partial charge in [0, 0.05) is 26.4 Å². The summed E-state index contributed by atoms with van der Waals surface area (Å²) in [5.41, 5.74) is 0.798. The van der Waals surface area contributed by atoms with Crippen molar-refractivity contribution < 1.29 is 19.7 Å². The maximum Gasteiger partial charge on any atom is 0.246 e. The van der Waals surface area contributed by atoms with Crippen LogP contribution in [0.3, 0.4) is 0 Å². The Morgan fingerprint density at radius 3 is 2.95 bits per heavy atom. The summed E-state index contributed by atoms with van der Waals surface area (Å²) in [6.45, 7) is 0.296. The molecule has 1 fully saturated rings. The lowest BCUT2D eigenvalue weighted by molar-refractivity contribution is -0.149. The Bertz CT molecular complexity index is 500.